The van der Waals surface area contributed by atoms with Crippen molar-refractivity contribution in [3.05, 3.63) is 16.9 Å². The summed E-state index contributed by atoms with van der Waals surface area (Å²) < 4.78 is 47.2. The summed E-state index contributed by atoms with van der Waals surface area (Å²) in [5, 5.41) is 8.76. The van der Waals surface area contributed by atoms with Crippen molar-refractivity contribution in [2.75, 3.05) is 5.73 Å². The Bertz CT molecular complexity index is 547. The molecule has 8 heteroatoms. The molecule has 104 valence electrons. The predicted molar refractivity (Wildman–Crippen MR) is 58.0 cm³/mol. The summed E-state index contributed by atoms with van der Waals surface area (Å²) in [6.45, 7) is 4.44. The van der Waals surface area contributed by atoms with E-state index in [0.717, 1.165) is 0 Å². The normalized spacial score (nSPS) is 12.1. The van der Waals surface area contributed by atoms with Crippen molar-refractivity contribution >= 4 is 11.9 Å². The fourth-order valence-corrected chi connectivity index (χ4v) is 1.28. The first kappa shape index (κ1) is 14.9. The number of nitrogen functional groups attached to an aromatic ring is 1. The van der Waals surface area contributed by atoms with E-state index in [9.17, 15) is 18.0 Å². The van der Waals surface area contributed by atoms with Gasteiger partial charge >= 0.3 is 12.1 Å². The van der Waals surface area contributed by atoms with E-state index in [1.54, 1.807) is 0 Å². The number of nitrogens with two attached hydrogens (primary N) is 1. The third-order valence-electron chi connectivity index (χ3n) is 1.91. The average molecular weight is 276 g/mol. The van der Waals surface area contributed by atoms with Gasteiger partial charge in [-0.1, -0.05) is 0 Å². The summed E-state index contributed by atoms with van der Waals surface area (Å²) in [6.07, 6.45) is -4.95. The highest BCUT2D eigenvalue weighted by Crippen LogP contribution is 2.38. The SMILES string of the molecule is CC(C)(C)OC(=O)c1c(C(F)(F)F)oc(N)c1C#N. The number of ether oxygens (including phenoxy) is 1. The molecule has 0 bridgehead atoms. The molecule has 0 aliphatic carbocycles. The van der Waals surface area contributed by atoms with E-state index in [2.05, 4.69) is 4.42 Å². The fourth-order valence-electron chi connectivity index (χ4n) is 1.28. The maximum Gasteiger partial charge on any atom is 0.450 e. The summed E-state index contributed by atoms with van der Waals surface area (Å²) in [5.74, 6) is -3.71. The van der Waals surface area contributed by atoms with Crippen LogP contribution in [0.25, 0.3) is 0 Å². The maximum atomic E-state index is 12.7. The summed E-state index contributed by atoms with van der Waals surface area (Å²) in [7, 11) is 0. The van der Waals surface area contributed by atoms with Gasteiger partial charge in [-0.25, -0.2) is 4.79 Å². The third kappa shape index (κ3) is 3.19. The molecule has 0 saturated carbocycles. The van der Waals surface area contributed by atoms with Gasteiger partial charge in [-0.05, 0) is 20.8 Å². The molecule has 1 aromatic rings. The maximum absolute atomic E-state index is 12.7. The van der Waals surface area contributed by atoms with E-state index >= 15 is 0 Å². The zero-order valence-corrected chi connectivity index (χ0v) is 10.4. The van der Waals surface area contributed by atoms with E-state index in [1.807, 2.05) is 0 Å². The van der Waals surface area contributed by atoms with Gasteiger partial charge in [-0.15, -0.1) is 0 Å². The monoisotopic (exact) mass is 276 g/mol. The highest BCUT2D eigenvalue weighted by Gasteiger charge is 2.44. The largest absolute Gasteiger partial charge is 0.456 e. The molecule has 0 amide bonds. The molecule has 19 heavy (non-hydrogen) atoms. The summed E-state index contributed by atoms with van der Waals surface area (Å²) in [5.41, 5.74) is 2.46. The molecule has 1 heterocycles. The lowest BCUT2D eigenvalue weighted by atomic mass is 10.1. The quantitative estimate of drug-likeness (QED) is 0.796. The summed E-state index contributed by atoms with van der Waals surface area (Å²) in [6, 6.07) is 1.40. The van der Waals surface area contributed by atoms with Crippen molar-refractivity contribution in [3.63, 3.8) is 0 Å². The number of carbonyl (C=O) groups is 1. The fraction of sp³-hybridized carbons (Fsp3) is 0.455. The molecule has 0 atom stereocenters. The van der Waals surface area contributed by atoms with Crippen LogP contribution in [0.15, 0.2) is 4.42 Å². The van der Waals surface area contributed by atoms with Crippen LogP contribution in [0.5, 0.6) is 0 Å². The molecule has 0 saturated heterocycles. The van der Waals surface area contributed by atoms with Gasteiger partial charge in [-0.3, -0.25) is 0 Å². The molecule has 2 N–H and O–H groups in total. The van der Waals surface area contributed by atoms with Crippen molar-refractivity contribution < 1.29 is 27.1 Å². The minimum atomic E-state index is -4.95. The lowest BCUT2D eigenvalue weighted by Gasteiger charge is -2.19. The zero-order chi connectivity index (χ0) is 15.0. The molecule has 0 spiro atoms. The number of carbonyl (C=O) groups excluding carboxylic acids is 1. The van der Waals surface area contributed by atoms with E-state index in [0.29, 0.717) is 0 Å². The molecule has 1 aromatic heterocycles. The smallest absolute Gasteiger partial charge is 0.450 e. The first-order chi connectivity index (χ1) is 8.47. The number of esters is 1. The molecule has 1 rings (SSSR count). The highest BCUT2D eigenvalue weighted by molar-refractivity contribution is 5.95. The predicted octanol–water partition coefficient (Wildman–Crippen LogP) is 2.71. The molecule has 0 aromatic carbocycles. The second-order valence-corrected chi connectivity index (χ2v) is 4.66. The molecular weight excluding hydrogens is 265 g/mol. The number of rotatable bonds is 1. The van der Waals surface area contributed by atoms with Crippen LogP contribution in [0.4, 0.5) is 19.1 Å². The Kier molecular flexibility index (Phi) is 3.52. The van der Waals surface area contributed by atoms with Gasteiger partial charge in [-0.2, -0.15) is 18.4 Å². The van der Waals surface area contributed by atoms with Gasteiger partial charge < -0.3 is 14.9 Å². The van der Waals surface area contributed by atoms with E-state index in [4.69, 9.17) is 15.7 Å². The Hall–Kier alpha value is -2.17. The van der Waals surface area contributed by atoms with Crippen molar-refractivity contribution in [1.29, 1.82) is 5.26 Å². The lowest BCUT2D eigenvalue weighted by Crippen LogP contribution is -2.25. The Morgan fingerprint density at radius 1 is 1.37 bits per heavy atom. The lowest BCUT2D eigenvalue weighted by molar-refractivity contribution is -0.153. The first-order valence-electron chi connectivity index (χ1n) is 5.10. The van der Waals surface area contributed by atoms with Crippen LogP contribution in [0.2, 0.25) is 0 Å². The molecule has 0 fully saturated rings. The van der Waals surface area contributed by atoms with Gasteiger partial charge in [0.05, 0.1) is 0 Å². The van der Waals surface area contributed by atoms with Crippen LogP contribution >= 0.6 is 0 Å². The van der Waals surface area contributed by atoms with Crippen LogP contribution in [-0.4, -0.2) is 11.6 Å². The Balaban J connectivity index is 3.41. The molecule has 0 aliphatic rings. The van der Waals surface area contributed by atoms with E-state index in [-0.39, 0.29) is 0 Å². The molecule has 0 aliphatic heterocycles. The van der Waals surface area contributed by atoms with Gasteiger partial charge in [0.2, 0.25) is 11.6 Å². The average Bonchev–Trinajstić information content (AvgIpc) is 2.51. The highest BCUT2D eigenvalue weighted by atomic mass is 19.4. The number of hydrogen-bond acceptors (Lipinski definition) is 5. The van der Waals surface area contributed by atoms with Crippen LogP contribution in [0, 0.1) is 11.3 Å². The van der Waals surface area contributed by atoms with Crippen LogP contribution in [0.1, 0.15) is 42.5 Å². The van der Waals surface area contributed by atoms with Crippen molar-refractivity contribution in [1.82, 2.24) is 0 Å². The van der Waals surface area contributed by atoms with Crippen molar-refractivity contribution in [2.24, 2.45) is 0 Å². The number of alkyl halides is 3. The van der Waals surface area contributed by atoms with Gasteiger partial charge in [0, 0.05) is 0 Å². The van der Waals surface area contributed by atoms with Crippen LogP contribution in [0.3, 0.4) is 0 Å². The Morgan fingerprint density at radius 3 is 2.26 bits per heavy atom. The Morgan fingerprint density at radius 2 is 1.89 bits per heavy atom. The molecule has 0 unspecified atom stereocenters. The number of halogens is 3. The standard InChI is InChI=1S/C11H11F3N2O3/c1-10(2,3)19-9(17)6-5(4-15)8(16)18-7(6)11(12,13)14/h16H2,1-3H3. The topological polar surface area (TPSA) is 89.2 Å². The van der Waals surface area contributed by atoms with E-state index < -0.39 is 40.5 Å². The van der Waals surface area contributed by atoms with Crippen LogP contribution < -0.4 is 5.73 Å². The van der Waals surface area contributed by atoms with Crippen molar-refractivity contribution in [2.45, 2.75) is 32.5 Å². The molecular formula is C11H11F3N2O3. The zero-order valence-electron chi connectivity index (χ0n) is 10.4. The Labute approximate surface area is 106 Å². The number of anilines is 1. The molecule has 5 nitrogen and oxygen atoms in total. The summed E-state index contributed by atoms with van der Waals surface area (Å²) >= 11 is 0. The minimum Gasteiger partial charge on any atom is -0.456 e. The first-order valence-corrected chi connectivity index (χ1v) is 5.10. The number of hydrogen-bond donors (Lipinski definition) is 1. The van der Waals surface area contributed by atoms with Crippen LogP contribution in [-0.2, 0) is 10.9 Å². The second-order valence-electron chi connectivity index (χ2n) is 4.66. The van der Waals surface area contributed by atoms with Gasteiger partial charge in [0.1, 0.15) is 22.8 Å². The van der Waals surface area contributed by atoms with Gasteiger partial charge in [0.15, 0.2) is 0 Å². The van der Waals surface area contributed by atoms with Gasteiger partial charge in [0.25, 0.3) is 0 Å². The minimum absolute atomic E-state index is 0.679. The number of furan rings is 1. The number of nitrogens with zero attached hydrogens (tertiary/aromatic N) is 1. The molecule has 0 radical (unpaired) electrons. The second kappa shape index (κ2) is 4.50. The third-order valence-corrected chi connectivity index (χ3v) is 1.91. The summed E-state index contributed by atoms with van der Waals surface area (Å²) in [4.78, 5) is 11.7. The number of nitriles is 1. The van der Waals surface area contributed by atoms with Crippen molar-refractivity contribution in [3.8, 4) is 6.07 Å². The van der Waals surface area contributed by atoms with E-state index in [1.165, 1.54) is 26.8 Å².